The zero-order valence-corrected chi connectivity index (χ0v) is 13.8. The van der Waals surface area contributed by atoms with E-state index in [0.29, 0.717) is 0 Å². The molecule has 0 saturated carbocycles. The lowest BCUT2D eigenvalue weighted by molar-refractivity contribution is 0.794. The van der Waals surface area contributed by atoms with Crippen molar-refractivity contribution >= 4 is 43.7 Å². The summed E-state index contributed by atoms with van der Waals surface area (Å²) in [4.78, 5) is 1.25. The molecular weight excluding hydrogens is 304 g/mol. The molecule has 0 fully saturated rings. The number of thiophene rings is 2. The van der Waals surface area contributed by atoms with E-state index in [4.69, 9.17) is 11.6 Å². The molecule has 0 aliphatic rings. The van der Waals surface area contributed by atoms with Crippen molar-refractivity contribution in [1.82, 2.24) is 0 Å². The van der Waals surface area contributed by atoms with Crippen molar-refractivity contribution in [3.05, 3.63) is 57.8 Å². The van der Waals surface area contributed by atoms with Gasteiger partial charge < -0.3 is 0 Å². The predicted octanol–water partition coefficient (Wildman–Crippen LogP) is 6.63. The van der Waals surface area contributed by atoms with Crippen LogP contribution in [0, 0.1) is 0 Å². The quantitative estimate of drug-likeness (QED) is 0.462. The van der Waals surface area contributed by atoms with Crippen molar-refractivity contribution in [3.63, 3.8) is 0 Å². The zero-order valence-electron chi connectivity index (χ0n) is 11.4. The monoisotopic (exact) mass is 320 g/mol. The molecule has 0 saturated heterocycles. The van der Waals surface area contributed by atoms with E-state index < -0.39 is 0 Å². The summed E-state index contributed by atoms with van der Waals surface area (Å²) in [6.07, 6.45) is 3.66. The molecule has 1 unspecified atom stereocenters. The molecule has 0 radical (unpaired) electrons. The Kier molecular flexibility index (Phi) is 4.45. The highest BCUT2D eigenvalue weighted by atomic mass is 35.5. The minimum atomic E-state index is -0.0279. The number of hydrogen-bond acceptors (Lipinski definition) is 2. The van der Waals surface area contributed by atoms with Gasteiger partial charge in [-0.05, 0) is 41.5 Å². The van der Waals surface area contributed by atoms with Gasteiger partial charge in [0.25, 0.3) is 0 Å². The van der Waals surface area contributed by atoms with Crippen LogP contribution < -0.4 is 0 Å². The van der Waals surface area contributed by atoms with E-state index in [0.717, 1.165) is 0 Å². The lowest BCUT2D eigenvalue weighted by atomic mass is 10.0. The van der Waals surface area contributed by atoms with Crippen molar-refractivity contribution in [2.75, 3.05) is 0 Å². The molecule has 0 aliphatic heterocycles. The fourth-order valence-electron chi connectivity index (χ4n) is 2.31. The van der Waals surface area contributed by atoms with Crippen molar-refractivity contribution in [2.45, 2.75) is 31.6 Å². The smallest absolute Gasteiger partial charge is 0.0928 e. The Balaban J connectivity index is 1.79. The molecule has 3 aromatic rings. The van der Waals surface area contributed by atoms with Crippen molar-refractivity contribution in [2.24, 2.45) is 0 Å². The Hall–Kier alpha value is -0.830. The number of unbranched alkanes of at least 4 members (excludes halogenated alkanes) is 1. The van der Waals surface area contributed by atoms with E-state index >= 15 is 0 Å². The molecule has 1 atom stereocenters. The Morgan fingerprint density at radius 2 is 1.90 bits per heavy atom. The fourth-order valence-corrected chi connectivity index (χ4v) is 4.78. The van der Waals surface area contributed by atoms with Crippen LogP contribution in [0.15, 0.2) is 41.8 Å². The number of aryl methyl sites for hydroxylation is 1. The third kappa shape index (κ3) is 2.93. The summed E-state index contributed by atoms with van der Waals surface area (Å²) in [6, 6.07) is 13.2. The Labute approximate surface area is 133 Å². The Bertz CT molecular complexity index is 650. The first-order valence-electron chi connectivity index (χ1n) is 6.98. The lowest BCUT2D eigenvalue weighted by Crippen LogP contribution is -1.91. The van der Waals surface area contributed by atoms with Crippen LogP contribution >= 0.6 is 34.3 Å². The summed E-state index contributed by atoms with van der Waals surface area (Å²) in [5, 5.41) is 2.11. The summed E-state index contributed by atoms with van der Waals surface area (Å²) in [5.41, 5.74) is 2.60. The van der Waals surface area contributed by atoms with Gasteiger partial charge >= 0.3 is 0 Å². The molecule has 0 N–H and O–H groups in total. The number of benzene rings is 1. The highest BCUT2D eigenvalue weighted by molar-refractivity contribution is 7.27. The van der Waals surface area contributed by atoms with Crippen LogP contribution in [0.4, 0.5) is 0 Å². The molecule has 0 amide bonds. The van der Waals surface area contributed by atoms with Gasteiger partial charge in [-0.3, -0.25) is 0 Å². The second-order valence-electron chi connectivity index (χ2n) is 5.01. The minimum absolute atomic E-state index is 0.0279. The van der Waals surface area contributed by atoms with Gasteiger partial charge in [0, 0.05) is 14.3 Å². The van der Waals surface area contributed by atoms with Gasteiger partial charge in [-0.1, -0.05) is 37.6 Å². The second-order valence-corrected chi connectivity index (χ2v) is 7.51. The molecule has 1 aromatic carbocycles. The van der Waals surface area contributed by atoms with Gasteiger partial charge in [-0.2, -0.15) is 0 Å². The van der Waals surface area contributed by atoms with Gasteiger partial charge in [0.05, 0.1) is 5.38 Å². The molecule has 2 aromatic heterocycles. The van der Waals surface area contributed by atoms with E-state index in [1.807, 2.05) is 0 Å². The first kappa shape index (κ1) is 14.1. The van der Waals surface area contributed by atoms with Crippen LogP contribution in [-0.4, -0.2) is 0 Å². The Morgan fingerprint density at radius 3 is 2.60 bits per heavy atom. The van der Waals surface area contributed by atoms with E-state index in [9.17, 15) is 0 Å². The number of fused-ring (bicyclic) bond motifs is 1. The van der Waals surface area contributed by atoms with Gasteiger partial charge in [0.1, 0.15) is 0 Å². The maximum atomic E-state index is 6.63. The van der Waals surface area contributed by atoms with Crippen LogP contribution in [0.2, 0.25) is 0 Å². The first-order valence-corrected chi connectivity index (χ1v) is 9.11. The molecule has 20 heavy (non-hydrogen) atoms. The molecule has 0 bridgehead atoms. The number of halogens is 1. The average molecular weight is 321 g/mol. The number of hydrogen-bond donors (Lipinski definition) is 0. The fraction of sp³-hybridized carbons (Fsp3) is 0.294. The van der Waals surface area contributed by atoms with Crippen LogP contribution in [0.1, 0.15) is 41.1 Å². The van der Waals surface area contributed by atoms with E-state index in [1.54, 1.807) is 22.7 Å². The van der Waals surface area contributed by atoms with Crippen molar-refractivity contribution in [3.8, 4) is 0 Å². The predicted molar refractivity (Wildman–Crippen MR) is 92.5 cm³/mol. The lowest BCUT2D eigenvalue weighted by Gasteiger charge is -2.08. The highest BCUT2D eigenvalue weighted by Crippen LogP contribution is 2.38. The molecule has 2 heterocycles. The molecule has 3 rings (SSSR count). The topological polar surface area (TPSA) is 0 Å². The van der Waals surface area contributed by atoms with Gasteiger partial charge in [-0.15, -0.1) is 34.3 Å². The SMILES string of the molecule is CCCCc1ccc(C(Cl)c2cc3sccc3s2)cc1. The molecule has 0 aliphatic carbocycles. The van der Waals surface area contributed by atoms with Crippen LogP contribution in [0.5, 0.6) is 0 Å². The van der Waals surface area contributed by atoms with E-state index in [1.165, 1.54) is 44.7 Å². The minimum Gasteiger partial charge on any atom is -0.143 e. The maximum Gasteiger partial charge on any atom is 0.0928 e. The standard InChI is InChI=1S/C17H17ClS2/c1-2-3-4-12-5-7-13(8-6-12)17(18)16-11-15-14(20-16)9-10-19-15/h5-11,17H,2-4H2,1H3. The largest absolute Gasteiger partial charge is 0.143 e. The third-order valence-corrected chi connectivity index (χ3v) is 6.27. The summed E-state index contributed by atoms with van der Waals surface area (Å²) in [5.74, 6) is 0. The number of alkyl halides is 1. The molecule has 0 nitrogen and oxygen atoms in total. The van der Waals surface area contributed by atoms with Crippen LogP contribution in [0.25, 0.3) is 9.40 Å². The third-order valence-electron chi connectivity index (χ3n) is 3.50. The molecular formula is C17H17ClS2. The average Bonchev–Trinajstić information content (AvgIpc) is 3.06. The van der Waals surface area contributed by atoms with Gasteiger partial charge in [0.15, 0.2) is 0 Å². The van der Waals surface area contributed by atoms with Crippen molar-refractivity contribution < 1.29 is 0 Å². The first-order chi connectivity index (χ1) is 9.78. The summed E-state index contributed by atoms with van der Waals surface area (Å²) in [7, 11) is 0. The summed E-state index contributed by atoms with van der Waals surface area (Å²) >= 11 is 10.2. The maximum absolute atomic E-state index is 6.63. The van der Waals surface area contributed by atoms with E-state index in [-0.39, 0.29) is 5.38 Å². The van der Waals surface area contributed by atoms with Crippen LogP contribution in [0.3, 0.4) is 0 Å². The van der Waals surface area contributed by atoms with Crippen molar-refractivity contribution in [1.29, 1.82) is 0 Å². The summed E-state index contributed by atoms with van der Waals surface area (Å²) in [6.45, 7) is 2.23. The normalized spacial score (nSPS) is 12.9. The van der Waals surface area contributed by atoms with E-state index in [2.05, 4.69) is 48.7 Å². The van der Waals surface area contributed by atoms with Crippen LogP contribution in [-0.2, 0) is 6.42 Å². The zero-order chi connectivity index (χ0) is 13.9. The summed E-state index contributed by atoms with van der Waals surface area (Å²) < 4.78 is 2.69. The molecule has 104 valence electrons. The Morgan fingerprint density at radius 1 is 1.10 bits per heavy atom. The molecule has 0 spiro atoms. The second kappa shape index (κ2) is 6.30. The van der Waals surface area contributed by atoms with Gasteiger partial charge in [0.2, 0.25) is 0 Å². The molecule has 3 heteroatoms. The highest BCUT2D eigenvalue weighted by Gasteiger charge is 2.14. The van der Waals surface area contributed by atoms with Gasteiger partial charge in [-0.25, -0.2) is 0 Å². The number of rotatable bonds is 5.